The number of aromatic nitrogens is 2. The van der Waals surface area contributed by atoms with Gasteiger partial charge in [-0.25, -0.2) is 4.68 Å². The van der Waals surface area contributed by atoms with Gasteiger partial charge in [-0.3, -0.25) is 4.79 Å². The lowest BCUT2D eigenvalue weighted by molar-refractivity contribution is -0.136. The molecule has 0 spiro atoms. The first-order valence-corrected chi connectivity index (χ1v) is 7.11. The highest BCUT2D eigenvalue weighted by atomic mass is 16.5. The number of hydrogen-bond acceptors (Lipinski definition) is 4. The summed E-state index contributed by atoms with van der Waals surface area (Å²) < 4.78 is 7.06. The zero-order valence-corrected chi connectivity index (χ0v) is 12.9. The second-order valence-corrected chi connectivity index (χ2v) is 5.35. The highest BCUT2D eigenvalue weighted by Crippen LogP contribution is 2.32. The number of aliphatic carboxylic acids is 1. The van der Waals surface area contributed by atoms with E-state index in [9.17, 15) is 9.90 Å². The number of carboxylic acids is 1. The normalized spacial score (nSPS) is 10.9. The molecule has 0 radical (unpaired) electrons. The molecule has 2 aromatic rings. The quantitative estimate of drug-likeness (QED) is 0.857. The Hall–Kier alpha value is -2.50. The highest BCUT2D eigenvalue weighted by Gasteiger charge is 2.22. The molecule has 0 atom stereocenters. The lowest BCUT2D eigenvalue weighted by Crippen LogP contribution is -2.02. The van der Waals surface area contributed by atoms with Crippen LogP contribution in [0.4, 0.5) is 0 Å². The number of phenolic OH excluding ortho intramolecular Hbond substituents is 1. The third-order valence-corrected chi connectivity index (χ3v) is 3.37. The summed E-state index contributed by atoms with van der Waals surface area (Å²) in [6.07, 6.45) is 0.368. The summed E-state index contributed by atoms with van der Waals surface area (Å²) in [6, 6.07) is 6.69. The molecule has 0 saturated heterocycles. The van der Waals surface area contributed by atoms with Gasteiger partial charge in [-0.1, -0.05) is 19.9 Å². The fourth-order valence-electron chi connectivity index (χ4n) is 2.39. The van der Waals surface area contributed by atoms with Gasteiger partial charge in [0.15, 0.2) is 0 Å². The van der Waals surface area contributed by atoms with Crippen LogP contribution in [-0.2, 0) is 11.2 Å². The number of benzene rings is 1. The number of hydrogen-bond donors (Lipinski definition) is 2. The minimum absolute atomic E-state index is 0.0157. The van der Waals surface area contributed by atoms with E-state index in [2.05, 4.69) is 5.10 Å². The van der Waals surface area contributed by atoms with Gasteiger partial charge in [0.1, 0.15) is 5.75 Å². The van der Waals surface area contributed by atoms with Crippen molar-refractivity contribution in [1.29, 1.82) is 0 Å². The summed E-state index contributed by atoms with van der Waals surface area (Å²) in [7, 11) is 1.53. The van der Waals surface area contributed by atoms with E-state index in [0.717, 1.165) is 11.3 Å². The van der Waals surface area contributed by atoms with E-state index in [1.54, 1.807) is 28.9 Å². The van der Waals surface area contributed by atoms with Gasteiger partial charge in [0.25, 0.3) is 0 Å². The molecule has 0 aliphatic heterocycles. The lowest BCUT2D eigenvalue weighted by Gasteiger charge is -2.08. The van der Waals surface area contributed by atoms with Crippen LogP contribution < -0.4 is 4.74 Å². The van der Waals surface area contributed by atoms with E-state index < -0.39 is 5.97 Å². The molecule has 118 valence electrons. The number of ether oxygens (including phenoxy) is 1. The summed E-state index contributed by atoms with van der Waals surface area (Å²) >= 11 is 0. The molecular formula is C16H20N2O4. The fraction of sp³-hybridized carbons (Fsp3) is 0.375. The van der Waals surface area contributed by atoms with E-state index >= 15 is 0 Å². The van der Waals surface area contributed by atoms with Crippen LogP contribution in [0.2, 0.25) is 0 Å². The topological polar surface area (TPSA) is 84.6 Å². The maximum Gasteiger partial charge on any atom is 0.303 e. The molecule has 6 heteroatoms. The standard InChI is InChI=1S/C16H20N2O4/c1-10(2)15-13(7-8-14(20)21)16(22-3)18(17-15)11-5-4-6-12(19)9-11/h4-6,9-10,19H,7-8H2,1-3H3,(H,20,21). The van der Waals surface area contributed by atoms with Gasteiger partial charge in [0.05, 0.1) is 18.5 Å². The van der Waals surface area contributed by atoms with Crippen LogP contribution in [0.1, 0.15) is 37.4 Å². The van der Waals surface area contributed by atoms with E-state index in [1.165, 1.54) is 7.11 Å². The minimum Gasteiger partial charge on any atom is -0.508 e. The van der Waals surface area contributed by atoms with Gasteiger partial charge < -0.3 is 14.9 Å². The van der Waals surface area contributed by atoms with Crippen LogP contribution in [-0.4, -0.2) is 33.1 Å². The Labute approximate surface area is 129 Å². The van der Waals surface area contributed by atoms with Crippen molar-refractivity contribution in [2.45, 2.75) is 32.6 Å². The van der Waals surface area contributed by atoms with Crippen LogP contribution >= 0.6 is 0 Å². The van der Waals surface area contributed by atoms with Crippen molar-refractivity contribution in [3.8, 4) is 17.3 Å². The molecule has 22 heavy (non-hydrogen) atoms. The molecule has 2 N–H and O–H groups in total. The predicted octanol–water partition coefficient (Wildman–Crippen LogP) is 2.73. The van der Waals surface area contributed by atoms with Gasteiger partial charge in [-0.2, -0.15) is 5.10 Å². The van der Waals surface area contributed by atoms with Crippen molar-refractivity contribution >= 4 is 5.97 Å². The molecule has 0 fully saturated rings. The second-order valence-electron chi connectivity index (χ2n) is 5.35. The smallest absolute Gasteiger partial charge is 0.303 e. The van der Waals surface area contributed by atoms with Crippen molar-refractivity contribution < 1.29 is 19.7 Å². The molecule has 0 saturated carbocycles. The molecule has 0 aliphatic carbocycles. The fourth-order valence-corrected chi connectivity index (χ4v) is 2.39. The van der Waals surface area contributed by atoms with Crippen LogP contribution in [0, 0.1) is 0 Å². The highest BCUT2D eigenvalue weighted by molar-refractivity contribution is 5.67. The van der Waals surface area contributed by atoms with Crippen molar-refractivity contribution in [1.82, 2.24) is 9.78 Å². The molecule has 1 aromatic carbocycles. The average Bonchev–Trinajstić information content (AvgIpc) is 2.83. The van der Waals surface area contributed by atoms with Gasteiger partial charge in [0, 0.05) is 18.1 Å². The Bertz CT molecular complexity index is 677. The summed E-state index contributed by atoms with van der Waals surface area (Å²) in [5, 5.41) is 23.1. The molecule has 1 heterocycles. The Kier molecular flexibility index (Phi) is 4.70. The molecule has 0 aliphatic rings. The molecule has 0 bridgehead atoms. The Balaban J connectivity index is 2.55. The number of phenols is 1. The van der Waals surface area contributed by atoms with E-state index in [0.29, 0.717) is 18.0 Å². The van der Waals surface area contributed by atoms with Gasteiger partial charge in [0.2, 0.25) is 5.88 Å². The summed E-state index contributed by atoms with van der Waals surface area (Å²) in [5.74, 6) is -0.0816. The number of carbonyl (C=O) groups is 1. The third-order valence-electron chi connectivity index (χ3n) is 3.37. The van der Waals surface area contributed by atoms with Crippen LogP contribution in [0.25, 0.3) is 5.69 Å². The predicted molar refractivity (Wildman–Crippen MR) is 81.8 cm³/mol. The molecule has 0 unspecified atom stereocenters. The first-order chi connectivity index (χ1) is 10.4. The lowest BCUT2D eigenvalue weighted by atomic mass is 10.0. The maximum absolute atomic E-state index is 10.9. The summed E-state index contributed by atoms with van der Waals surface area (Å²) in [4.78, 5) is 10.9. The first-order valence-electron chi connectivity index (χ1n) is 7.11. The third kappa shape index (κ3) is 3.21. The molecular weight excluding hydrogens is 284 g/mol. The van der Waals surface area contributed by atoms with E-state index in [1.807, 2.05) is 13.8 Å². The van der Waals surface area contributed by atoms with Crippen molar-refractivity contribution in [3.63, 3.8) is 0 Å². The van der Waals surface area contributed by atoms with Crippen LogP contribution in [0.5, 0.6) is 11.6 Å². The largest absolute Gasteiger partial charge is 0.508 e. The van der Waals surface area contributed by atoms with E-state index in [-0.39, 0.29) is 18.1 Å². The minimum atomic E-state index is -0.859. The second kappa shape index (κ2) is 6.51. The van der Waals surface area contributed by atoms with Crippen molar-refractivity contribution in [2.75, 3.05) is 7.11 Å². The zero-order chi connectivity index (χ0) is 16.3. The van der Waals surface area contributed by atoms with E-state index in [4.69, 9.17) is 9.84 Å². The molecule has 1 aromatic heterocycles. The van der Waals surface area contributed by atoms with Gasteiger partial charge >= 0.3 is 5.97 Å². The first kappa shape index (κ1) is 15.9. The number of carboxylic acid groups (broad SMARTS) is 1. The monoisotopic (exact) mass is 304 g/mol. The number of aromatic hydroxyl groups is 1. The average molecular weight is 304 g/mol. The number of methoxy groups -OCH3 is 1. The number of nitrogens with zero attached hydrogens (tertiary/aromatic N) is 2. The Morgan fingerprint density at radius 2 is 2.14 bits per heavy atom. The molecule has 0 amide bonds. The number of rotatable bonds is 6. The Morgan fingerprint density at radius 3 is 2.68 bits per heavy atom. The van der Waals surface area contributed by atoms with Gasteiger partial charge in [-0.15, -0.1) is 0 Å². The molecule has 2 rings (SSSR count). The van der Waals surface area contributed by atoms with Crippen molar-refractivity contribution in [2.24, 2.45) is 0 Å². The Morgan fingerprint density at radius 1 is 1.41 bits per heavy atom. The zero-order valence-electron chi connectivity index (χ0n) is 12.9. The van der Waals surface area contributed by atoms with Crippen LogP contribution in [0.3, 0.4) is 0 Å². The SMILES string of the molecule is COc1c(CCC(=O)O)c(C(C)C)nn1-c1cccc(O)c1. The maximum atomic E-state index is 10.9. The van der Waals surface area contributed by atoms with Gasteiger partial charge in [-0.05, 0) is 24.5 Å². The summed E-state index contributed by atoms with van der Waals surface area (Å²) in [5.41, 5.74) is 2.27. The summed E-state index contributed by atoms with van der Waals surface area (Å²) in [6.45, 7) is 4.00. The van der Waals surface area contributed by atoms with Crippen molar-refractivity contribution in [3.05, 3.63) is 35.5 Å². The molecule has 6 nitrogen and oxygen atoms in total. The van der Waals surface area contributed by atoms with Crippen LogP contribution in [0.15, 0.2) is 24.3 Å².